The van der Waals surface area contributed by atoms with Crippen LogP contribution in [0.25, 0.3) is 5.52 Å². The number of carbonyl (C=O) groups excluding carboxylic acids is 1. The Morgan fingerprint density at radius 3 is 3.10 bits per heavy atom. The highest BCUT2D eigenvalue weighted by Gasteiger charge is 2.27. The summed E-state index contributed by atoms with van der Waals surface area (Å²) < 4.78 is 1.65. The second-order valence-electron chi connectivity index (χ2n) is 4.96. The van der Waals surface area contributed by atoms with E-state index < -0.39 is 0 Å². The molecule has 1 aliphatic heterocycles. The first-order chi connectivity index (χ1) is 9.66. The number of likely N-dealkylation sites (tertiary alicyclic amines) is 1. The van der Waals surface area contributed by atoms with Gasteiger partial charge in [-0.2, -0.15) is 5.10 Å². The number of rotatable bonds is 2. The molecule has 20 heavy (non-hydrogen) atoms. The van der Waals surface area contributed by atoms with Crippen molar-refractivity contribution in [2.24, 2.45) is 11.7 Å². The first-order valence-corrected chi connectivity index (χ1v) is 6.93. The monoisotopic (exact) mass is 289 g/mol. The number of piperidine rings is 1. The molecule has 2 aromatic rings. The van der Waals surface area contributed by atoms with Gasteiger partial charge in [-0.15, -0.1) is 0 Å². The van der Waals surface area contributed by atoms with Crippen molar-refractivity contribution in [1.29, 1.82) is 0 Å². The van der Waals surface area contributed by atoms with Crippen molar-refractivity contribution in [1.82, 2.24) is 19.5 Å². The fourth-order valence-electron chi connectivity index (χ4n) is 2.56. The summed E-state index contributed by atoms with van der Waals surface area (Å²) in [6.07, 6.45) is 8.47. The van der Waals surface area contributed by atoms with Crippen molar-refractivity contribution in [3.8, 4) is 0 Å². The molecule has 2 aromatic heterocycles. The summed E-state index contributed by atoms with van der Waals surface area (Å²) in [5.41, 5.74) is 6.99. The lowest BCUT2D eigenvalue weighted by atomic mass is 9.97. The Kier molecular flexibility index (Phi) is 3.35. The van der Waals surface area contributed by atoms with Gasteiger partial charge in [-0.05, 0) is 12.8 Å². The fourth-order valence-corrected chi connectivity index (χ4v) is 2.76. The second-order valence-corrected chi connectivity index (χ2v) is 5.43. The molecule has 0 bridgehead atoms. The Bertz CT molecular complexity index is 668. The van der Waals surface area contributed by atoms with E-state index in [0.29, 0.717) is 17.1 Å². The predicted octanol–water partition coefficient (Wildman–Crippen LogP) is 0.868. The number of hydrogen-bond donors (Lipinski definition) is 1. The summed E-state index contributed by atoms with van der Waals surface area (Å²) in [5, 5.41) is 4.17. The smallest absolute Gasteiger partial charge is 0.257 e. The average molecular weight is 289 g/mol. The number of nitrogens with two attached hydrogens (primary N) is 1. The highest BCUT2D eigenvalue weighted by molar-refractivity contribution is 7.80. The second kappa shape index (κ2) is 5.16. The van der Waals surface area contributed by atoms with Crippen molar-refractivity contribution in [3.63, 3.8) is 0 Å². The number of nitrogens with zero attached hydrogens (tertiary/aromatic N) is 4. The Morgan fingerprint density at radius 1 is 1.45 bits per heavy atom. The van der Waals surface area contributed by atoms with E-state index in [1.54, 1.807) is 34.2 Å². The molecule has 1 atom stereocenters. The van der Waals surface area contributed by atoms with Crippen LogP contribution in [0.4, 0.5) is 0 Å². The highest BCUT2D eigenvalue weighted by atomic mass is 32.1. The van der Waals surface area contributed by atoms with Gasteiger partial charge < -0.3 is 10.6 Å². The molecule has 1 amide bonds. The maximum atomic E-state index is 12.6. The maximum absolute atomic E-state index is 12.6. The quantitative estimate of drug-likeness (QED) is 0.830. The Balaban J connectivity index is 1.87. The maximum Gasteiger partial charge on any atom is 0.257 e. The van der Waals surface area contributed by atoms with Gasteiger partial charge in [0.05, 0.1) is 28.5 Å². The molecule has 0 aromatic carbocycles. The lowest BCUT2D eigenvalue weighted by molar-refractivity contribution is 0.0705. The molecule has 1 unspecified atom stereocenters. The van der Waals surface area contributed by atoms with E-state index in [4.69, 9.17) is 18.0 Å². The van der Waals surface area contributed by atoms with Crippen LogP contribution in [0.5, 0.6) is 0 Å². The van der Waals surface area contributed by atoms with Crippen molar-refractivity contribution in [3.05, 3.63) is 30.4 Å². The van der Waals surface area contributed by atoms with Gasteiger partial charge >= 0.3 is 0 Å². The van der Waals surface area contributed by atoms with Crippen LogP contribution in [-0.2, 0) is 0 Å². The van der Waals surface area contributed by atoms with Crippen LogP contribution in [0, 0.1) is 5.92 Å². The zero-order chi connectivity index (χ0) is 14.1. The molecule has 3 heterocycles. The van der Waals surface area contributed by atoms with E-state index in [0.717, 1.165) is 24.9 Å². The number of carbonyl (C=O) groups is 1. The molecule has 0 saturated carbocycles. The lowest BCUT2D eigenvalue weighted by Crippen LogP contribution is -2.43. The van der Waals surface area contributed by atoms with E-state index >= 15 is 0 Å². The molecule has 1 saturated heterocycles. The van der Waals surface area contributed by atoms with Crippen LogP contribution in [0.15, 0.2) is 24.8 Å². The van der Waals surface area contributed by atoms with Crippen LogP contribution in [-0.4, -0.2) is 43.5 Å². The van der Waals surface area contributed by atoms with Crippen molar-refractivity contribution in [2.45, 2.75) is 12.8 Å². The van der Waals surface area contributed by atoms with Crippen molar-refractivity contribution < 1.29 is 4.79 Å². The van der Waals surface area contributed by atoms with Crippen LogP contribution in [0.3, 0.4) is 0 Å². The van der Waals surface area contributed by atoms with E-state index in [-0.39, 0.29) is 11.8 Å². The summed E-state index contributed by atoms with van der Waals surface area (Å²) >= 11 is 5.05. The van der Waals surface area contributed by atoms with Crippen LogP contribution < -0.4 is 5.73 Å². The van der Waals surface area contributed by atoms with Gasteiger partial charge in [-0.3, -0.25) is 9.78 Å². The number of fused-ring (bicyclic) bond motifs is 1. The lowest BCUT2D eigenvalue weighted by Gasteiger charge is -2.32. The van der Waals surface area contributed by atoms with E-state index in [1.165, 1.54) is 0 Å². The average Bonchev–Trinajstić information content (AvgIpc) is 2.90. The number of hydrogen-bond acceptors (Lipinski definition) is 4. The molecule has 2 N–H and O–H groups in total. The normalized spacial score (nSPS) is 19.2. The Labute approximate surface area is 121 Å². The summed E-state index contributed by atoms with van der Waals surface area (Å²) in [7, 11) is 0. The minimum Gasteiger partial charge on any atom is -0.393 e. The van der Waals surface area contributed by atoms with Gasteiger partial charge in [0, 0.05) is 31.4 Å². The molecule has 0 aliphatic carbocycles. The van der Waals surface area contributed by atoms with Crippen LogP contribution in [0.2, 0.25) is 0 Å². The molecule has 1 aliphatic rings. The van der Waals surface area contributed by atoms with Gasteiger partial charge in [-0.25, -0.2) is 4.52 Å². The largest absolute Gasteiger partial charge is 0.393 e. The standard InChI is InChI=1S/C13H15N5OS/c14-12(20)9-2-1-4-17(8-9)13(19)10-6-16-18-5-3-15-7-11(10)18/h3,5-7,9H,1-2,4,8H2,(H2,14,20). The molecule has 0 radical (unpaired) electrons. The molecule has 104 valence electrons. The fraction of sp³-hybridized carbons (Fsp3) is 0.385. The van der Waals surface area contributed by atoms with Crippen molar-refractivity contribution in [2.75, 3.05) is 13.1 Å². The van der Waals surface area contributed by atoms with Gasteiger partial charge in [-0.1, -0.05) is 12.2 Å². The van der Waals surface area contributed by atoms with Crippen molar-refractivity contribution >= 4 is 28.6 Å². The first kappa shape index (κ1) is 13.0. The molecule has 6 nitrogen and oxygen atoms in total. The predicted molar refractivity (Wildman–Crippen MR) is 78.4 cm³/mol. The zero-order valence-corrected chi connectivity index (χ0v) is 11.7. The molecule has 0 spiro atoms. The number of amides is 1. The van der Waals surface area contributed by atoms with E-state index in [2.05, 4.69) is 10.1 Å². The number of aromatic nitrogens is 3. The van der Waals surface area contributed by atoms with E-state index in [9.17, 15) is 4.79 Å². The van der Waals surface area contributed by atoms with Gasteiger partial charge in [0.2, 0.25) is 0 Å². The van der Waals surface area contributed by atoms with Crippen LogP contribution >= 0.6 is 12.2 Å². The van der Waals surface area contributed by atoms with Gasteiger partial charge in [0.25, 0.3) is 5.91 Å². The zero-order valence-electron chi connectivity index (χ0n) is 10.9. The Morgan fingerprint density at radius 2 is 2.30 bits per heavy atom. The Hall–Kier alpha value is -2.02. The third kappa shape index (κ3) is 2.24. The summed E-state index contributed by atoms with van der Waals surface area (Å²) in [4.78, 5) is 18.9. The minimum atomic E-state index is -0.0334. The summed E-state index contributed by atoms with van der Waals surface area (Å²) in [5.74, 6) is 0.0802. The SMILES string of the molecule is NC(=S)C1CCCN(C(=O)c2cnn3ccncc23)C1. The topological polar surface area (TPSA) is 76.5 Å². The van der Waals surface area contributed by atoms with Crippen LogP contribution in [0.1, 0.15) is 23.2 Å². The highest BCUT2D eigenvalue weighted by Crippen LogP contribution is 2.20. The van der Waals surface area contributed by atoms with Gasteiger partial charge in [0.15, 0.2) is 0 Å². The molecule has 1 fully saturated rings. The molecular formula is C13H15N5OS. The van der Waals surface area contributed by atoms with E-state index in [1.807, 2.05) is 0 Å². The summed E-state index contributed by atoms with van der Waals surface area (Å²) in [6.45, 7) is 1.32. The third-order valence-corrected chi connectivity index (χ3v) is 4.00. The molecule has 7 heteroatoms. The summed E-state index contributed by atoms with van der Waals surface area (Å²) in [6, 6.07) is 0. The minimum absolute atomic E-state index is 0.0334. The van der Waals surface area contributed by atoms with Gasteiger partial charge in [0.1, 0.15) is 0 Å². The third-order valence-electron chi connectivity index (χ3n) is 3.67. The number of thiocarbonyl (C=S) groups is 1. The molecule has 3 rings (SSSR count). The first-order valence-electron chi connectivity index (χ1n) is 6.53. The molecular weight excluding hydrogens is 274 g/mol.